The molecular weight excluding hydrogens is 236 g/mol. The third kappa shape index (κ3) is 3.85. The molecule has 2 aliphatic heterocycles. The summed E-state index contributed by atoms with van der Waals surface area (Å²) < 4.78 is 0. The van der Waals surface area contributed by atoms with Crippen molar-refractivity contribution in [2.24, 2.45) is 10.9 Å². The smallest absolute Gasteiger partial charge is 0.194 e. The second kappa shape index (κ2) is 6.12. The van der Waals surface area contributed by atoms with Gasteiger partial charge in [0, 0.05) is 44.8 Å². The number of hydrogen-bond donors (Lipinski definition) is 1. The topological polar surface area (TPSA) is 30.9 Å². The third-order valence-corrected chi connectivity index (χ3v) is 4.27. The number of nitrogens with zero attached hydrogens (tertiary/aromatic N) is 3. The Morgan fingerprint density at radius 2 is 1.89 bits per heavy atom. The van der Waals surface area contributed by atoms with E-state index in [1.165, 1.54) is 12.8 Å². The van der Waals surface area contributed by atoms with Gasteiger partial charge in [-0.2, -0.15) is 0 Å². The SMILES string of the molecule is CCCC1CN=C(N2CCN(C(C)(C)C)CC2)NC1. The number of rotatable bonds is 2. The maximum atomic E-state index is 4.75. The molecule has 0 aromatic heterocycles. The molecule has 19 heavy (non-hydrogen) atoms. The zero-order valence-corrected chi connectivity index (χ0v) is 13.1. The highest BCUT2D eigenvalue weighted by Crippen LogP contribution is 2.17. The summed E-state index contributed by atoms with van der Waals surface area (Å²) in [5.41, 5.74) is 0.292. The van der Waals surface area contributed by atoms with Crippen LogP contribution in [0.15, 0.2) is 4.99 Å². The lowest BCUT2D eigenvalue weighted by Gasteiger charge is -2.43. The molecule has 4 nitrogen and oxygen atoms in total. The number of aliphatic imine (C=N–C) groups is 1. The van der Waals surface area contributed by atoms with E-state index in [0.717, 1.165) is 51.1 Å². The van der Waals surface area contributed by atoms with Crippen molar-refractivity contribution >= 4 is 5.96 Å². The van der Waals surface area contributed by atoms with Gasteiger partial charge in [0.1, 0.15) is 0 Å². The molecule has 1 atom stereocenters. The molecule has 2 rings (SSSR count). The van der Waals surface area contributed by atoms with Gasteiger partial charge in [0.05, 0.1) is 0 Å². The fraction of sp³-hybridized carbons (Fsp3) is 0.933. The van der Waals surface area contributed by atoms with Crippen LogP contribution < -0.4 is 5.32 Å². The van der Waals surface area contributed by atoms with Gasteiger partial charge in [-0.25, -0.2) is 0 Å². The first kappa shape index (κ1) is 14.6. The van der Waals surface area contributed by atoms with E-state index < -0.39 is 0 Å². The number of piperazine rings is 1. The summed E-state index contributed by atoms with van der Waals surface area (Å²) >= 11 is 0. The average molecular weight is 266 g/mol. The van der Waals surface area contributed by atoms with E-state index in [-0.39, 0.29) is 0 Å². The lowest BCUT2D eigenvalue weighted by molar-refractivity contribution is 0.0864. The van der Waals surface area contributed by atoms with Crippen LogP contribution in [0, 0.1) is 5.92 Å². The summed E-state index contributed by atoms with van der Waals surface area (Å²) in [5, 5.41) is 3.53. The normalized spacial score (nSPS) is 26.0. The maximum absolute atomic E-state index is 4.75. The van der Waals surface area contributed by atoms with Gasteiger partial charge < -0.3 is 10.2 Å². The molecule has 1 saturated heterocycles. The Kier molecular flexibility index (Phi) is 4.71. The van der Waals surface area contributed by atoms with Crippen molar-refractivity contribution in [3.05, 3.63) is 0 Å². The standard InChI is InChI=1S/C15H30N4/c1-5-6-13-11-16-14(17-12-13)18-7-9-19(10-8-18)15(2,3)4/h13H,5-12H2,1-4H3,(H,16,17). The predicted octanol–water partition coefficient (Wildman–Crippen LogP) is 1.78. The van der Waals surface area contributed by atoms with Crippen LogP contribution in [0.3, 0.4) is 0 Å². The molecule has 0 radical (unpaired) electrons. The first-order valence-electron chi connectivity index (χ1n) is 7.79. The Labute approximate surface area is 118 Å². The van der Waals surface area contributed by atoms with Crippen LogP contribution in [0.4, 0.5) is 0 Å². The molecule has 0 amide bonds. The summed E-state index contributed by atoms with van der Waals surface area (Å²) in [6.07, 6.45) is 2.56. The molecule has 0 spiro atoms. The Hall–Kier alpha value is -0.770. The highest BCUT2D eigenvalue weighted by atomic mass is 15.4. The van der Waals surface area contributed by atoms with Crippen molar-refractivity contribution < 1.29 is 0 Å². The Bertz CT molecular complexity index is 311. The van der Waals surface area contributed by atoms with Crippen LogP contribution in [0.25, 0.3) is 0 Å². The average Bonchev–Trinajstić information content (AvgIpc) is 2.39. The quantitative estimate of drug-likeness (QED) is 0.826. The van der Waals surface area contributed by atoms with Gasteiger partial charge in [-0.3, -0.25) is 9.89 Å². The van der Waals surface area contributed by atoms with Gasteiger partial charge in [-0.05, 0) is 33.1 Å². The minimum atomic E-state index is 0.292. The van der Waals surface area contributed by atoms with Crippen LogP contribution in [0.1, 0.15) is 40.5 Å². The zero-order chi connectivity index (χ0) is 13.9. The molecule has 0 aliphatic carbocycles. The number of hydrogen-bond acceptors (Lipinski definition) is 4. The van der Waals surface area contributed by atoms with Crippen molar-refractivity contribution in [1.29, 1.82) is 0 Å². The summed E-state index contributed by atoms with van der Waals surface area (Å²) in [6.45, 7) is 15.7. The third-order valence-electron chi connectivity index (χ3n) is 4.27. The molecule has 0 aromatic carbocycles. The van der Waals surface area contributed by atoms with Crippen molar-refractivity contribution in [3.8, 4) is 0 Å². The number of nitrogens with one attached hydrogen (secondary N) is 1. The highest BCUT2D eigenvalue weighted by Gasteiger charge is 2.28. The van der Waals surface area contributed by atoms with Gasteiger partial charge >= 0.3 is 0 Å². The fourth-order valence-electron chi connectivity index (χ4n) is 2.97. The fourth-order valence-corrected chi connectivity index (χ4v) is 2.97. The van der Waals surface area contributed by atoms with Crippen LogP contribution in [0.2, 0.25) is 0 Å². The first-order valence-corrected chi connectivity index (χ1v) is 7.79. The summed E-state index contributed by atoms with van der Waals surface area (Å²) in [7, 11) is 0. The van der Waals surface area contributed by atoms with E-state index in [4.69, 9.17) is 4.99 Å². The molecule has 0 saturated carbocycles. The largest absolute Gasteiger partial charge is 0.356 e. The first-order chi connectivity index (χ1) is 9.00. The van der Waals surface area contributed by atoms with Gasteiger partial charge in [0.15, 0.2) is 5.96 Å². The Morgan fingerprint density at radius 1 is 1.21 bits per heavy atom. The zero-order valence-electron chi connectivity index (χ0n) is 13.1. The summed E-state index contributed by atoms with van der Waals surface area (Å²) in [5.74, 6) is 1.88. The monoisotopic (exact) mass is 266 g/mol. The van der Waals surface area contributed by atoms with Crippen molar-refractivity contribution in [2.45, 2.75) is 46.1 Å². The molecule has 2 heterocycles. The second-order valence-corrected chi connectivity index (χ2v) is 6.84. The van der Waals surface area contributed by atoms with E-state index >= 15 is 0 Å². The predicted molar refractivity (Wildman–Crippen MR) is 81.6 cm³/mol. The second-order valence-electron chi connectivity index (χ2n) is 6.84. The van der Waals surface area contributed by atoms with Crippen molar-refractivity contribution in [3.63, 3.8) is 0 Å². The van der Waals surface area contributed by atoms with Crippen molar-refractivity contribution in [1.82, 2.24) is 15.1 Å². The molecule has 1 N–H and O–H groups in total. The van der Waals surface area contributed by atoms with Crippen LogP contribution in [0.5, 0.6) is 0 Å². The molecule has 0 aromatic rings. The van der Waals surface area contributed by atoms with E-state index in [1.807, 2.05) is 0 Å². The molecule has 1 unspecified atom stereocenters. The van der Waals surface area contributed by atoms with Gasteiger partial charge in [0.2, 0.25) is 0 Å². The molecule has 4 heteroatoms. The lowest BCUT2D eigenvalue weighted by Crippen LogP contribution is -2.57. The minimum Gasteiger partial charge on any atom is -0.356 e. The summed E-state index contributed by atoms with van der Waals surface area (Å²) in [4.78, 5) is 9.74. The van der Waals surface area contributed by atoms with Gasteiger partial charge in [0.25, 0.3) is 0 Å². The van der Waals surface area contributed by atoms with Crippen LogP contribution >= 0.6 is 0 Å². The summed E-state index contributed by atoms with van der Waals surface area (Å²) in [6, 6.07) is 0. The Balaban J connectivity index is 1.82. The van der Waals surface area contributed by atoms with Gasteiger partial charge in [-0.15, -0.1) is 0 Å². The van der Waals surface area contributed by atoms with Crippen LogP contribution in [-0.2, 0) is 0 Å². The Morgan fingerprint density at radius 3 is 2.37 bits per heavy atom. The minimum absolute atomic E-state index is 0.292. The number of guanidine groups is 1. The van der Waals surface area contributed by atoms with Crippen LogP contribution in [-0.4, -0.2) is 60.6 Å². The van der Waals surface area contributed by atoms with E-state index in [0.29, 0.717) is 5.54 Å². The molecule has 0 bridgehead atoms. The highest BCUT2D eigenvalue weighted by molar-refractivity contribution is 5.80. The van der Waals surface area contributed by atoms with E-state index in [9.17, 15) is 0 Å². The van der Waals surface area contributed by atoms with Crippen molar-refractivity contribution in [2.75, 3.05) is 39.3 Å². The maximum Gasteiger partial charge on any atom is 0.194 e. The molecule has 110 valence electrons. The molecular formula is C15H30N4. The molecule has 2 aliphatic rings. The van der Waals surface area contributed by atoms with Gasteiger partial charge in [-0.1, -0.05) is 13.3 Å². The van der Waals surface area contributed by atoms with E-state index in [2.05, 4.69) is 42.8 Å². The lowest BCUT2D eigenvalue weighted by atomic mass is 10.0. The van der Waals surface area contributed by atoms with E-state index in [1.54, 1.807) is 0 Å². The molecule has 1 fully saturated rings.